The van der Waals surface area contributed by atoms with E-state index in [0.29, 0.717) is 17.5 Å². The molecule has 3 aromatic heterocycles. The van der Waals surface area contributed by atoms with Crippen LogP contribution in [0.1, 0.15) is 0 Å². The molecule has 5 nitrogen and oxygen atoms in total. The van der Waals surface area contributed by atoms with Gasteiger partial charge in [-0.05, 0) is 46.2 Å². The lowest BCUT2D eigenvalue weighted by Gasteiger charge is -2.11. The van der Waals surface area contributed by atoms with Crippen molar-refractivity contribution in [2.75, 3.05) is 0 Å². The average Bonchev–Trinajstić information content (AvgIpc) is 3.50. The van der Waals surface area contributed by atoms with Gasteiger partial charge in [0.05, 0.1) is 11.0 Å². The van der Waals surface area contributed by atoms with Crippen LogP contribution in [0.15, 0.2) is 164 Å². The topological polar surface area (TPSA) is 56.5 Å². The first kappa shape index (κ1) is 26.9. The summed E-state index contributed by atoms with van der Waals surface area (Å²) in [5, 5.41) is 4.86. The summed E-state index contributed by atoms with van der Waals surface area (Å²) in [7, 11) is 0. The molecule has 0 radical (unpaired) electrons. The highest BCUT2D eigenvalue weighted by Gasteiger charge is 2.17. The summed E-state index contributed by atoms with van der Waals surface area (Å²) in [4.78, 5) is 19.8. The minimum Gasteiger partial charge on any atom is -0.294 e. The molecule has 0 bridgehead atoms. The van der Waals surface area contributed by atoms with Crippen LogP contribution >= 0.6 is 0 Å². The number of fused-ring (bicyclic) bond motifs is 5. The fraction of sp³-hybridized carbons (Fsp3) is 0. The zero-order valence-electron chi connectivity index (χ0n) is 25.3. The van der Waals surface area contributed by atoms with E-state index in [4.69, 9.17) is 19.9 Å². The number of hydrogen-bond donors (Lipinski definition) is 0. The molecule has 0 saturated heterocycles. The molecule has 9 aromatic rings. The molecular formula is C42H27N5. The van der Waals surface area contributed by atoms with Crippen molar-refractivity contribution in [2.45, 2.75) is 0 Å². The Hall–Kier alpha value is -6.46. The molecule has 5 heteroatoms. The maximum atomic E-state index is 5.03. The zero-order chi connectivity index (χ0) is 31.2. The highest BCUT2D eigenvalue weighted by Crippen LogP contribution is 2.37. The number of aromatic nitrogens is 5. The van der Waals surface area contributed by atoms with Crippen LogP contribution in [0.2, 0.25) is 0 Å². The van der Waals surface area contributed by atoms with Crippen molar-refractivity contribution in [1.82, 2.24) is 24.5 Å². The molecule has 0 aliphatic carbocycles. The van der Waals surface area contributed by atoms with Crippen molar-refractivity contribution < 1.29 is 0 Å². The highest BCUT2D eigenvalue weighted by molar-refractivity contribution is 6.21. The lowest BCUT2D eigenvalue weighted by Crippen LogP contribution is -2.02. The average molecular weight is 602 g/mol. The van der Waals surface area contributed by atoms with Crippen molar-refractivity contribution in [3.8, 4) is 51.1 Å². The van der Waals surface area contributed by atoms with E-state index in [9.17, 15) is 0 Å². The van der Waals surface area contributed by atoms with Gasteiger partial charge < -0.3 is 0 Å². The summed E-state index contributed by atoms with van der Waals surface area (Å²) < 4.78 is 2.24. The van der Waals surface area contributed by atoms with Crippen LogP contribution in [-0.4, -0.2) is 24.5 Å². The predicted molar refractivity (Wildman–Crippen MR) is 191 cm³/mol. The first-order valence-corrected chi connectivity index (χ1v) is 15.7. The van der Waals surface area contributed by atoms with Gasteiger partial charge in [0.2, 0.25) is 0 Å². The van der Waals surface area contributed by atoms with Crippen LogP contribution in [0.25, 0.3) is 83.7 Å². The first-order chi connectivity index (χ1) is 23.3. The van der Waals surface area contributed by atoms with Crippen molar-refractivity contribution in [2.24, 2.45) is 0 Å². The second-order valence-electron chi connectivity index (χ2n) is 11.6. The number of benzene rings is 6. The second kappa shape index (κ2) is 11.2. The Bertz CT molecular complexity index is 2550. The zero-order valence-corrected chi connectivity index (χ0v) is 25.3. The van der Waals surface area contributed by atoms with Crippen molar-refractivity contribution in [1.29, 1.82) is 0 Å². The van der Waals surface area contributed by atoms with E-state index >= 15 is 0 Å². The minimum absolute atomic E-state index is 0.593. The number of rotatable bonds is 5. The van der Waals surface area contributed by atoms with Crippen LogP contribution in [0, 0.1) is 0 Å². The second-order valence-corrected chi connectivity index (χ2v) is 11.6. The normalized spacial score (nSPS) is 11.4. The smallest absolute Gasteiger partial charge is 0.164 e. The summed E-state index contributed by atoms with van der Waals surface area (Å²) in [6.07, 6.45) is 1.84. The van der Waals surface area contributed by atoms with Crippen LogP contribution in [0.3, 0.4) is 0 Å². The van der Waals surface area contributed by atoms with E-state index in [2.05, 4.69) is 120 Å². The predicted octanol–water partition coefficient (Wildman–Crippen LogP) is 10.2. The number of pyridine rings is 1. The number of hydrogen-bond acceptors (Lipinski definition) is 4. The molecule has 0 N–H and O–H groups in total. The molecule has 0 saturated carbocycles. The quantitative estimate of drug-likeness (QED) is 0.197. The summed E-state index contributed by atoms with van der Waals surface area (Å²) in [5.41, 5.74) is 7.24. The Labute approximate surface area is 271 Å². The Kier molecular flexibility index (Phi) is 6.39. The third-order valence-electron chi connectivity index (χ3n) is 8.71. The maximum Gasteiger partial charge on any atom is 0.164 e. The molecule has 0 spiro atoms. The standard InChI is InChI=1S/C42H27N5/c1-3-11-28(12-4-1)29-19-21-32(22-20-29)41-44-40(31-14-5-2-6-15-31)45-42(46-41)33-25-26-43-38(27-33)47-36-18-10-9-17-35(36)39-34-16-8-7-13-30(34)23-24-37(39)47/h1-27H. The van der Waals surface area contributed by atoms with E-state index in [1.807, 2.05) is 48.7 Å². The fourth-order valence-electron chi connectivity index (χ4n) is 6.46. The van der Waals surface area contributed by atoms with Gasteiger partial charge in [-0.3, -0.25) is 4.57 Å². The van der Waals surface area contributed by atoms with E-state index < -0.39 is 0 Å². The van der Waals surface area contributed by atoms with Crippen LogP contribution < -0.4 is 0 Å². The fourth-order valence-corrected chi connectivity index (χ4v) is 6.46. The molecular weight excluding hydrogens is 574 g/mol. The minimum atomic E-state index is 0.593. The molecule has 0 aliphatic heterocycles. The van der Waals surface area contributed by atoms with E-state index in [1.54, 1.807) is 0 Å². The summed E-state index contributed by atoms with van der Waals surface area (Å²) in [6, 6.07) is 54.3. The van der Waals surface area contributed by atoms with Gasteiger partial charge in [-0.2, -0.15) is 0 Å². The van der Waals surface area contributed by atoms with Crippen molar-refractivity contribution in [3.63, 3.8) is 0 Å². The third kappa shape index (κ3) is 4.73. The van der Waals surface area contributed by atoms with E-state index in [0.717, 1.165) is 39.1 Å². The Balaban J connectivity index is 1.21. The van der Waals surface area contributed by atoms with Crippen LogP contribution in [-0.2, 0) is 0 Å². The maximum absolute atomic E-state index is 5.03. The molecule has 0 atom stereocenters. The van der Waals surface area contributed by atoms with Crippen LogP contribution in [0.4, 0.5) is 0 Å². The Morgan fingerprint density at radius 1 is 0.383 bits per heavy atom. The molecule has 0 amide bonds. The monoisotopic (exact) mass is 601 g/mol. The summed E-state index contributed by atoms with van der Waals surface area (Å²) >= 11 is 0. The largest absolute Gasteiger partial charge is 0.294 e. The Morgan fingerprint density at radius 2 is 0.936 bits per heavy atom. The van der Waals surface area contributed by atoms with Gasteiger partial charge >= 0.3 is 0 Å². The van der Waals surface area contributed by atoms with Crippen LogP contribution in [0.5, 0.6) is 0 Å². The van der Waals surface area contributed by atoms with Gasteiger partial charge in [0.1, 0.15) is 5.82 Å². The van der Waals surface area contributed by atoms with Gasteiger partial charge in [0.15, 0.2) is 17.5 Å². The molecule has 3 heterocycles. The number of para-hydroxylation sites is 1. The summed E-state index contributed by atoms with van der Waals surface area (Å²) in [6.45, 7) is 0. The van der Waals surface area contributed by atoms with Gasteiger partial charge in [-0.25, -0.2) is 19.9 Å². The van der Waals surface area contributed by atoms with Gasteiger partial charge in [-0.1, -0.05) is 133 Å². The first-order valence-electron chi connectivity index (χ1n) is 15.7. The van der Waals surface area contributed by atoms with Gasteiger partial charge in [-0.15, -0.1) is 0 Å². The van der Waals surface area contributed by atoms with Gasteiger partial charge in [0, 0.05) is 33.7 Å². The summed E-state index contributed by atoms with van der Waals surface area (Å²) in [5.74, 6) is 2.64. The lowest BCUT2D eigenvalue weighted by molar-refractivity contribution is 1.05. The van der Waals surface area contributed by atoms with E-state index in [1.165, 1.54) is 27.1 Å². The van der Waals surface area contributed by atoms with E-state index in [-0.39, 0.29) is 0 Å². The van der Waals surface area contributed by atoms with Crippen molar-refractivity contribution in [3.05, 3.63) is 164 Å². The molecule has 0 unspecified atom stereocenters. The van der Waals surface area contributed by atoms with Gasteiger partial charge in [0.25, 0.3) is 0 Å². The van der Waals surface area contributed by atoms with Crippen molar-refractivity contribution >= 4 is 32.6 Å². The molecule has 6 aromatic carbocycles. The molecule has 9 rings (SSSR count). The molecule has 47 heavy (non-hydrogen) atoms. The molecule has 0 fully saturated rings. The Morgan fingerprint density at radius 3 is 1.68 bits per heavy atom. The molecule has 220 valence electrons. The molecule has 0 aliphatic rings. The third-order valence-corrected chi connectivity index (χ3v) is 8.71. The lowest BCUT2D eigenvalue weighted by atomic mass is 10.0. The SMILES string of the molecule is c1ccc(-c2ccc(-c3nc(-c4ccccc4)nc(-c4ccnc(-n5c6ccccc6c6c7ccccc7ccc65)c4)n3)cc2)cc1. The number of nitrogens with zero attached hydrogens (tertiary/aromatic N) is 5. The highest BCUT2D eigenvalue weighted by atomic mass is 15.1.